The van der Waals surface area contributed by atoms with Crippen LogP contribution >= 0.6 is 0 Å². The fourth-order valence-corrected chi connectivity index (χ4v) is 2.25. The number of halogens is 3. The van der Waals surface area contributed by atoms with E-state index in [1.54, 1.807) is 7.05 Å². The van der Waals surface area contributed by atoms with Gasteiger partial charge in [0.25, 0.3) is 0 Å². The summed E-state index contributed by atoms with van der Waals surface area (Å²) < 4.78 is 36.3. The van der Waals surface area contributed by atoms with Gasteiger partial charge in [0, 0.05) is 6.04 Å². The van der Waals surface area contributed by atoms with Crippen molar-refractivity contribution in [1.82, 2.24) is 4.90 Å². The Hall–Kier alpha value is -0.250. The number of rotatable bonds is 0. The molecular formula is C7H10F3N. The lowest BCUT2D eigenvalue weighted by molar-refractivity contribution is -0.156. The standard InChI is InChI=1S/C7H10F3N/c1-11-3-2-4-5(6(4)11)7(8,9)10/h4-6H,2-3H2,1H3/t4-,5?,6-/m0/s1. The third-order valence-corrected chi connectivity index (χ3v) is 2.83. The Morgan fingerprint density at radius 1 is 1.36 bits per heavy atom. The second-order valence-electron chi connectivity index (χ2n) is 3.49. The van der Waals surface area contributed by atoms with Crippen LogP contribution in [0.1, 0.15) is 6.42 Å². The highest BCUT2D eigenvalue weighted by atomic mass is 19.4. The summed E-state index contributed by atoms with van der Waals surface area (Å²) in [5, 5.41) is 0. The Kier molecular flexibility index (Phi) is 1.29. The summed E-state index contributed by atoms with van der Waals surface area (Å²) in [5.41, 5.74) is 0. The molecule has 1 aliphatic carbocycles. The lowest BCUT2D eigenvalue weighted by Crippen LogP contribution is -2.26. The fraction of sp³-hybridized carbons (Fsp3) is 1.00. The van der Waals surface area contributed by atoms with E-state index in [9.17, 15) is 13.2 Å². The van der Waals surface area contributed by atoms with Crippen LogP contribution in [0.2, 0.25) is 0 Å². The lowest BCUT2D eigenvalue weighted by atomic mass is 10.2. The van der Waals surface area contributed by atoms with Crippen LogP contribution in [0.25, 0.3) is 0 Å². The quantitative estimate of drug-likeness (QED) is 0.525. The molecule has 0 radical (unpaired) electrons. The molecule has 1 nitrogen and oxygen atoms in total. The predicted molar refractivity (Wildman–Crippen MR) is 34.1 cm³/mol. The van der Waals surface area contributed by atoms with Gasteiger partial charge in [-0.25, -0.2) is 0 Å². The Morgan fingerprint density at radius 2 is 2.00 bits per heavy atom. The molecule has 1 heterocycles. The summed E-state index contributed by atoms with van der Waals surface area (Å²) in [6.07, 6.45) is -3.23. The van der Waals surface area contributed by atoms with E-state index in [-0.39, 0.29) is 12.0 Å². The first-order valence-corrected chi connectivity index (χ1v) is 3.79. The van der Waals surface area contributed by atoms with E-state index >= 15 is 0 Å². The van der Waals surface area contributed by atoms with Crippen LogP contribution in [0.5, 0.6) is 0 Å². The molecular weight excluding hydrogens is 155 g/mol. The van der Waals surface area contributed by atoms with E-state index in [1.807, 2.05) is 4.90 Å². The van der Waals surface area contributed by atoms with Gasteiger partial charge < -0.3 is 4.90 Å². The van der Waals surface area contributed by atoms with Crippen LogP contribution < -0.4 is 0 Å². The number of piperidine rings is 1. The molecule has 0 amide bonds. The van der Waals surface area contributed by atoms with Gasteiger partial charge in [-0.05, 0) is 25.9 Å². The van der Waals surface area contributed by atoms with Gasteiger partial charge >= 0.3 is 6.18 Å². The van der Waals surface area contributed by atoms with Crippen molar-refractivity contribution in [3.63, 3.8) is 0 Å². The van der Waals surface area contributed by atoms with Gasteiger partial charge in [0.2, 0.25) is 0 Å². The summed E-state index contributed by atoms with van der Waals surface area (Å²) >= 11 is 0. The Bertz CT molecular complexity index is 177. The third kappa shape index (κ3) is 0.956. The number of nitrogens with zero attached hydrogens (tertiary/aromatic N) is 1. The number of hydrogen-bond acceptors (Lipinski definition) is 1. The second kappa shape index (κ2) is 1.91. The largest absolute Gasteiger partial charge is 0.393 e. The van der Waals surface area contributed by atoms with Crippen LogP contribution in [0, 0.1) is 11.8 Å². The molecule has 0 N–H and O–H groups in total. The first-order chi connectivity index (χ1) is 5.02. The summed E-state index contributed by atoms with van der Waals surface area (Å²) in [6.45, 7) is 0.835. The third-order valence-electron chi connectivity index (χ3n) is 2.83. The number of alkyl halides is 3. The van der Waals surface area contributed by atoms with Gasteiger partial charge in [0.15, 0.2) is 0 Å². The van der Waals surface area contributed by atoms with Crippen molar-refractivity contribution in [3.05, 3.63) is 0 Å². The maximum Gasteiger partial charge on any atom is 0.393 e. The van der Waals surface area contributed by atoms with Crippen LogP contribution in [0.15, 0.2) is 0 Å². The highest BCUT2D eigenvalue weighted by Crippen LogP contribution is 2.57. The topological polar surface area (TPSA) is 3.24 Å². The van der Waals surface area contributed by atoms with Gasteiger partial charge in [-0.15, -0.1) is 0 Å². The van der Waals surface area contributed by atoms with Crippen LogP contribution in [-0.4, -0.2) is 30.7 Å². The summed E-state index contributed by atoms with van der Waals surface area (Å²) in [4.78, 5) is 1.82. The van der Waals surface area contributed by atoms with E-state index in [2.05, 4.69) is 0 Å². The van der Waals surface area contributed by atoms with Crippen molar-refractivity contribution < 1.29 is 13.2 Å². The number of hydrogen-bond donors (Lipinski definition) is 0. The minimum absolute atomic E-state index is 0.0833. The van der Waals surface area contributed by atoms with Crippen molar-refractivity contribution >= 4 is 0 Å². The zero-order valence-electron chi connectivity index (χ0n) is 6.23. The summed E-state index contributed by atoms with van der Waals surface area (Å²) in [6, 6.07) is -0.185. The molecule has 2 fully saturated rings. The van der Waals surface area contributed by atoms with Gasteiger partial charge in [0.05, 0.1) is 5.92 Å². The Morgan fingerprint density at radius 3 is 2.27 bits per heavy atom. The normalized spacial score (nSPS) is 44.2. The molecule has 1 aliphatic heterocycles. The Labute approximate surface area is 63.2 Å². The minimum Gasteiger partial charge on any atom is -0.302 e. The zero-order valence-corrected chi connectivity index (χ0v) is 6.23. The maximum absolute atomic E-state index is 12.1. The van der Waals surface area contributed by atoms with Crippen LogP contribution in [-0.2, 0) is 0 Å². The average molecular weight is 165 g/mol. The molecule has 1 saturated heterocycles. The van der Waals surface area contributed by atoms with Gasteiger partial charge in [-0.2, -0.15) is 13.2 Å². The van der Waals surface area contributed by atoms with Crippen LogP contribution in [0.4, 0.5) is 13.2 Å². The van der Waals surface area contributed by atoms with Gasteiger partial charge in [0.1, 0.15) is 0 Å². The molecule has 1 unspecified atom stereocenters. The molecule has 0 spiro atoms. The average Bonchev–Trinajstić information content (AvgIpc) is 2.47. The van der Waals surface area contributed by atoms with Crippen molar-refractivity contribution in [1.29, 1.82) is 0 Å². The minimum atomic E-state index is -3.95. The smallest absolute Gasteiger partial charge is 0.302 e. The van der Waals surface area contributed by atoms with E-state index < -0.39 is 12.1 Å². The number of likely N-dealkylation sites (tertiary alicyclic amines) is 1. The lowest BCUT2D eigenvalue weighted by Gasteiger charge is -2.14. The van der Waals surface area contributed by atoms with E-state index in [0.717, 1.165) is 13.0 Å². The SMILES string of the molecule is CN1CC[C@H]2C(C(F)(F)F)[C@H]21. The van der Waals surface area contributed by atoms with Gasteiger partial charge in [-0.1, -0.05) is 0 Å². The second-order valence-corrected chi connectivity index (χ2v) is 3.49. The van der Waals surface area contributed by atoms with Crippen molar-refractivity contribution in [2.75, 3.05) is 13.6 Å². The van der Waals surface area contributed by atoms with Crippen molar-refractivity contribution in [2.45, 2.75) is 18.6 Å². The van der Waals surface area contributed by atoms with Gasteiger partial charge in [-0.3, -0.25) is 0 Å². The Balaban J connectivity index is 2.04. The predicted octanol–water partition coefficient (Wildman–Crippen LogP) is 1.50. The molecule has 11 heavy (non-hydrogen) atoms. The highest BCUT2D eigenvalue weighted by molar-refractivity contribution is 5.10. The first kappa shape index (κ1) is 7.40. The van der Waals surface area contributed by atoms with E-state index in [4.69, 9.17) is 0 Å². The van der Waals surface area contributed by atoms with E-state index in [0.29, 0.717) is 0 Å². The fourth-order valence-electron chi connectivity index (χ4n) is 2.25. The maximum atomic E-state index is 12.1. The molecule has 3 atom stereocenters. The molecule has 4 heteroatoms. The molecule has 2 rings (SSSR count). The molecule has 2 aliphatic rings. The van der Waals surface area contributed by atoms with Crippen molar-refractivity contribution in [2.24, 2.45) is 11.8 Å². The monoisotopic (exact) mass is 165 g/mol. The molecule has 1 saturated carbocycles. The number of fused-ring (bicyclic) bond motifs is 1. The zero-order chi connectivity index (χ0) is 8.22. The molecule has 0 aromatic rings. The molecule has 0 aromatic heterocycles. The molecule has 64 valence electrons. The first-order valence-electron chi connectivity index (χ1n) is 3.79. The van der Waals surface area contributed by atoms with E-state index in [1.165, 1.54) is 0 Å². The molecule has 0 bridgehead atoms. The summed E-state index contributed by atoms with van der Waals surface area (Å²) in [5.74, 6) is -1.10. The molecule has 0 aromatic carbocycles. The highest BCUT2D eigenvalue weighted by Gasteiger charge is 2.67. The van der Waals surface area contributed by atoms with Crippen molar-refractivity contribution in [3.8, 4) is 0 Å². The van der Waals surface area contributed by atoms with Crippen LogP contribution in [0.3, 0.4) is 0 Å². The summed E-state index contributed by atoms with van der Waals surface area (Å²) in [7, 11) is 1.77.